The van der Waals surface area contributed by atoms with Crippen LogP contribution in [0.3, 0.4) is 0 Å². The number of aliphatic hydroxyl groups excluding tert-OH is 1. The third kappa shape index (κ3) is 3.99. The van der Waals surface area contributed by atoms with Crippen LogP contribution in [0, 0.1) is 5.41 Å². The van der Waals surface area contributed by atoms with Gasteiger partial charge >= 0.3 is 0 Å². The minimum absolute atomic E-state index is 0.0904. The van der Waals surface area contributed by atoms with E-state index in [4.69, 9.17) is 20.6 Å². The zero-order valence-electron chi connectivity index (χ0n) is 13.6. The lowest BCUT2D eigenvalue weighted by atomic mass is 9.99. The predicted octanol–water partition coefficient (Wildman–Crippen LogP) is 0.603. The molecule has 1 aliphatic rings. The van der Waals surface area contributed by atoms with Crippen molar-refractivity contribution in [2.75, 3.05) is 13.3 Å². The van der Waals surface area contributed by atoms with E-state index in [1.165, 1.54) is 13.8 Å². The summed E-state index contributed by atoms with van der Waals surface area (Å²) < 4.78 is 24.7. The molecule has 0 aliphatic carbocycles. The van der Waals surface area contributed by atoms with Crippen molar-refractivity contribution in [2.45, 2.75) is 43.9 Å². The molecule has 2 heterocycles. The zero-order chi connectivity index (χ0) is 18.0. The van der Waals surface area contributed by atoms with Crippen LogP contribution >= 0.6 is 0 Å². The van der Waals surface area contributed by atoms with Gasteiger partial charge in [-0.15, -0.1) is 0 Å². The van der Waals surface area contributed by atoms with Crippen LogP contribution in [0.25, 0.3) is 0 Å². The lowest BCUT2D eigenvalue weighted by Crippen LogP contribution is -2.36. The molecule has 24 heavy (non-hydrogen) atoms. The minimum Gasteiger partial charge on any atom is -0.393 e. The first-order valence-electron chi connectivity index (χ1n) is 7.50. The van der Waals surface area contributed by atoms with Crippen LogP contribution in [-0.4, -0.2) is 58.1 Å². The van der Waals surface area contributed by atoms with Crippen LogP contribution in [0.1, 0.15) is 37.8 Å². The number of H-pyrrole nitrogens is 1. The lowest BCUT2D eigenvalue weighted by Gasteiger charge is -2.26. The third-order valence-electron chi connectivity index (χ3n) is 3.75. The molecule has 0 saturated carbocycles. The topological polar surface area (TPSA) is 137 Å². The Balaban J connectivity index is 2.30. The van der Waals surface area contributed by atoms with Gasteiger partial charge in [-0.3, -0.25) is 5.41 Å². The molecule has 0 aromatic carbocycles. The van der Waals surface area contributed by atoms with Gasteiger partial charge in [-0.1, -0.05) is 0 Å². The molecule has 9 heteroatoms. The number of aliphatic imine (C=N–C) groups is 1. The summed E-state index contributed by atoms with van der Waals surface area (Å²) in [7, 11) is 0. The Morgan fingerprint density at radius 1 is 1.67 bits per heavy atom. The summed E-state index contributed by atoms with van der Waals surface area (Å²) in [5.41, 5.74) is 5.36. The zero-order valence-corrected chi connectivity index (χ0v) is 13.6. The van der Waals surface area contributed by atoms with E-state index in [0.29, 0.717) is 11.4 Å². The van der Waals surface area contributed by atoms with E-state index in [1.54, 1.807) is 12.1 Å². The minimum atomic E-state index is -1.44. The normalized spacial score (nSPS) is 28.3. The highest BCUT2D eigenvalue weighted by molar-refractivity contribution is 5.99. The summed E-state index contributed by atoms with van der Waals surface area (Å²) >= 11 is 0. The van der Waals surface area contributed by atoms with Crippen LogP contribution in [-0.2, 0) is 9.47 Å². The number of aromatic amines is 1. The second-order valence-electron chi connectivity index (χ2n) is 6.29. The number of amidine groups is 1. The van der Waals surface area contributed by atoms with Crippen molar-refractivity contribution in [2.24, 2.45) is 10.7 Å². The van der Waals surface area contributed by atoms with Crippen LogP contribution in [0.4, 0.5) is 4.39 Å². The first-order chi connectivity index (χ1) is 11.2. The van der Waals surface area contributed by atoms with Gasteiger partial charge < -0.3 is 30.4 Å². The van der Waals surface area contributed by atoms with Crippen molar-refractivity contribution < 1.29 is 24.1 Å². The van der Waals surface area contributed by atoms with Gasteiger partial charge in [-0.05, 0) is 26.0 Å². The second kappa shape index (κ2) is 6.98. The molecular weight excluding hydrogens is 319 g/mol. The maximum atomic E-state index is 13.4. The number of alkyl halides is 1. The van der Waals surface area contributed by atoms with Crippen LogP contribution < -0.4 is 5.73 Å². The van der Waals surface area contributed by atoms with E-state index < -0.39 is 36.9 Å². The molecule has 0 spiro atoms. The molecule has 1 aromatic heterocycles. The van der Waals surface area contributed by atoms with E-state index in [9.17, 15) is 14.6 Å². The number of nitrogens with zero attached hydrogens (tertiary/aromatic N) is 1. The van der Waals surface area contributed by atoms with E-state index in [-0.39, 0.29) is 12.3 Å². The number of hydrogen-bond acceptors (Lipinski definition) is 5. The Labute approximate surface area is 139 Å². The Kier molecular flexibility index (Phi) is 5.38. The van der Waals surface area contributed by atoms with E-state index >= 15 is 0 Å². The maximum Gasteiger partial charge on any atom is 0.160 e. The predicted molar refractivity (Wildman–Crippen MR) is 85.7 cm³/mol. The summed E-state index contributed by atoms with van der Waals surface area (Å²) in [6.45, 7) is 1.55. The van der Waals surface area contributed by atoms with Gasteiger partial charge in [0.05, 0.1) is 18.4 Å². The Morgan fingerprint density at radius 2 is 2.38 bits per heavy atom. The number of nitrogens with two attached hydrogens (primary N) is 1. The highest BCUT2D eigenvalue weighted by atomic mass is 19.1. The van der Waals surface area contributed by atoms with Gasteiger partial charge in [-0.2, -0.15) is 0 Å². The molecule has 1 saturated heterocycles. The standard InChI is InChI=1S/C15H23FN4O4/c1-14(2,22)23-11-5-15(6-16,7-21)24-12(11)9-3-4-10(20-9)13(18)19-8-17/h3-4,8,11-12,20-22H,5-7H2,1-2H3,(H3,17,18,19)/t11?,12-,15+/m0/s1. The fraction of sp³-hybridized carbons (Fsp3) is 0.600. The maximum absolute atomic E-state index is 13.4. The van der Waals surface area contributed by atoms with Crippen LogP contribution in [0.5, 0.6) is 0 Å². The van der Waals surface area contributed by atoms with Gasteiger partial charge in [0.2, 0.25) is 0 Å². The highest BCUT2D eigenvalue weighted by Gasteiger charge is 2.49. The highest BCUT2D eigenvalue weighted by Crippen LogP contribution is 2.42. The smallest absolute Gasteiger partial charge is 0.160 e. The quantitative estimate of drug-likeness (QED) is 0.281. The number of halogens is 1. The molecule has 0 bridgehead atoms. The number of nitrogens with one attached hydrogen (secondary N) is 2. The molecule has 0 radical (unpaired) electrons. The van der Waals surface area contributed by atoms with E-state index in [1.807, 2.05) is 0 Å². The first kappa shape index (κ1) is 18.5. The largest absolute Gasteiger partial charge is 0.393 e. The number of aromatic nitrogens is 1. The van der Waals surface area contributed by atoms with E-state index in [0.717, 1.165) is 6.34 Å². The average Bonchev–Trinajstić information content (AvgIpc) is 3.11. The van der Waals surface area contributed by atoms with Gasteiger partial charge in [0.1, 0.15) is 30.6 Å². The summed E-state index contributed by atoms with van der Waals surface area (Å²) in [4.78, 5) is 6.66. The van der Waals surface area contributed by atoms with Crippen molar-refractivity contribution in [1.29, 1.82) is 5.41 Å². The van der Waals surface area contributed by atoms with Crippen LogP contribution in [0.15, 0.2) is 17.1 Å². The van der Waals surface area contributed by atoms with Crippen molar-refractivity contribution in [3.05, 3.63) is 23.5 Å². The Morgan fingerprint density at radius 3 is 2.92 bits per heavy atom. The molecule has 1 aliphatic heterocycles. The van der Waals surface area contributed by atoms with Crippen molar-refractivity contribution in [3.63, 3.8) is 0 Å². The van der Waals surface area contributed by atoms with Gasteiger partial charge in [-0.25, -0.2) is 9.38 Å². The fourth-order valence-corrected chi connectivity index (χ4v) is 2.70. The van der Waals surface area contributed by atoms with Crippen molar-refractivity contribution in [3.8, 4) is 0 Å². The molecular formula is C15H23FN4O4. The molecule has 0 amide bonds. The van der Waals surface area contributed by atoms with Crippen molar-refractivity contribution >= 4 is 12.2 Å². The molecule has 1 fully saturated rings. The monoisotopic (exact) mass is 342 g/mol. The molecule has 1 unspecified atom stereocenters. The summed E-state index contributed by atoms with van der Waals surface area (Å²) in [5.74, 6) is -1.32. The van der Waals surface area contributed by atoms with Crippen LogP contribution in [0.2, 0.25) is 0 Å². The van der Waals surface area contributed by atoms with Gasteiger partial charge in [0.25, 0.3) is 0 Å². The summed E-state index contributed by atoms with van der Waals surface area (Å²) in [6, 6.07) is 3.33. The molecule has 6 N–H and O–H groups in total. The molecule has 1 aromatic rings. The third-order valence-corrected chi connectivity index (χ3v) is 3.75. The molecule has 8 nitrogen and oxygen atoms in total. The van der Waals surface area contributed by atoms with Crippen molar-refractivity contribution in [1.82, 2.24) is 4.98 Å². The van der Waals surface area contributed by atoms with Gasteiger partial charge in [0.15, 0.2) is 5.79 Å². The number of hydrogen-bond donors (Lipinski definition) is 5. The summed E-state index contributed by atoms with van der Waals surface area (Å²) in [6.07, 6.45) is -0.476. The fourth-order valence-electron chi connectivity index (χ4n) is 2.70. The number of rotatable bonds is 7. The lowest BCUT2D eigenvalue weighted by molar-refractivity contribution is -0.216. The Hall–Kier alpha value is -1.81. The van der Waals surface area contributed by atoms with Gasteiger partial charge in [0, 0.05) is 12.1 Å². The second-order valence-corrected chi connectivity index (χ2v) is 6.29. The SMILES string of the molecule is CC(C)(O)OC1C[C@](CO)(CF)O[C@H]1c1ccc(C(N)=NC=N)[nH]1. The molecule has 134 valence electrons. The summed E-state index contributed by atoms with van der Waals surface area (Å²) in [5, 5.41) is 26.4. The number of ether oxygens (including phenoxy) is 2. The van der Waals surface area contributed by atoms with E-state index in [2.05, 4.69) is 9.98 Å². The molecule has 3 atom stereocenters. The first-order valence-corrected chi connectivity index (χ1v) is 7.50. The molecule has 2 rings (SSSR count). The average molecular weight is 342 g/mol. The Bertz CT molecular complexity index is 607. The number of aliphatic hydroxyl groups is 2.